The van der Waals surface area contributed by atoms with Crippen molar-refractivity contribution in [1.29, 1.82) is 0 Å². The molecule has 2 aromatic heterocycles. The Morgan fingerprint density at radius 1 is 1.35 bits per heavy atom. The maximum atomic E-state index is 10.0. The van der Waals surface area contributed by atoms with E-state index in [9.17, 15) is 5.11 Å². The van der Waals surface area contributed by atoms with Crippen LogP contribution in [0.2, 0.25) is 0 Å². The Balaban J connectivity index is 2.13. The summed E-state index contributed by atoms with van der Waals surface area (Å²) < 4.78 is 1.80. The molecule has 2 heterocycles. The van der Waals surface area contributed by atoms with Crippen molar-refractivity contribution in [2.45, 2.75) is 32.4 Å². The largest absolute Gasteiger partial charge is 0.388 e. The van der Waals surface area contributed by atoms with Crippen LogP contribution in [-0.4, -0.2) is 30.1 Å². The number of nitrogens with zero attached hydrogens (tertiary/aromatic N) is 5. The van der Waals surface area contributed by atoms with Gasteiger partial charge < -0.3 is 5.11 Å². The second-order valence-electron chi connectivity index (χ2n) is 4.11. The van der Waals surface area contributed by atoms with Gasteiger partial charge in [0, 0.05) is 24.2 Å². The zero-order chi connectivity index (χ0) is 12.3. The standard InChI is InChI=1S/C11H15N5O/c1-8(2)16-11(12-7-15-16)5-10(17)9-3-4-13-14-6-9/h3-4,6-8,10,17H,5H2,1-2H3. The molecule has 0 amide bonds. The molecule has 0 bridgehead atoms. The van der Waals surface area contributed by atoms with Gasteiger partial charge in [-0.1, -0.05) is 0 Å². The lowest BCUT2D eigenvalue weighted by molar-refractivity contribution is 0.172. The quantitative estimate of drug-likeness (QED) is 0.849. The summed E-state index contributed by atoms with van der Waals surface area (Å²) in [4.78, 5) is 4.16. The van der Waals surface area contributed by atoms with Gasteiger partial charge in [0.2, 0.25) is 0 Å². The highest BCUT2D eigenvalue weighted by Crippen LogP contribution is 2.16. The summed E-state index contributed by atoms with van der Waals surface area (Å²) in [5.41, 5.74) is 0.735. The van der Waals surface area contributed by atoms with Gasteiger partial charge in [-0.05, 0) is 19.9 Å². The molecule has 1 N–H and O–H groups in total. The molecule has 17 heavy (non-hydrogen) atoms. The van der Waals surface area contributed by atoms with Gasteiger partial charge in [0.15, 0.2) is 0 Å². The molecule has 0 aromatic carbocycles. The first-order valence-corrected chi connectivity index (χ1v) is 5.51. The highest BCUT2D eigenvalue weighted by atomic mass is 16.3. The molecular formula is C11H15N5O. The van der Waals surface area contributed by atoms with E-state index >= 15 is 0 Å². The van der Waals surface area contributed by atoms with Crippen molar-refractivity contribution in [1.82, 2.24) is 25.0 Å². The molecule has 0 spiro atoms. The predicted octanol–water partition coefficient (Wildman–Crippen LogP) is 0.925. The van der Waals surface area contributed by atoms with Crippen LogP contribution in [0.3, 0.4) is 0 Å². The van der Waals surface area contributed by atoms with Crippen LogP contribution in [0.15, 0.2) is 24.8 Å². The molecule has 0 saturated heterocycles. The van der Waals surface area contributed by atoms with Crippen molar-refractivity contribution < 1.29 is 5.11 Å². The van der Waals surface area contributed by atoms with Crippen molar-refractivity contribution >= 4 is 0 Å². The second-order valence-corrected chi connectivity index (χ2v) is 4.11. The lowest BCUT2D eigenvalue weighted by Crippen LogP contribution is -2.12. The van der Waals surface area contributed by atoms with E-state index in [1.165, 1.54) is 6.33 Å². The Bertz CT molecular complexity index is 468. The number of hydrogen-bond acceptors (Lipinski definition) is 5. The molecule has 0 aliphatic rings. The molecule has 0 fully saturated rings. The molecule has 0 aliphatic heterocycles. The molecule has 2 rings (SSSR count). The van der Waals surface area contributed by atoms with Crippen LogP contribution in [0.5, 0.6) is 0 Å². The van der Waals surface area contributed by atoms with E-state index in [4.69, 9.17) is 0 Å². The van der Waals surface area contributed by atoms with E-state index in [1.54, 1.807) is 23.1 Å². The first-order valence-electron chi connectivity index (χ1n) is 5.51. The third kappa shape index (κ3) is 2.65. The van der Waals surface area contributed by atoms with Gasteiger partial charge in [0.1, 0.15) is 12.2 Å². The summed E-state index contributed by atoms with van der Waals surface area (Å²) in [6.45, 7) is 4.05. The molecule has 90 valence electrons. The molecule has 0 saturated carbocycles. The Morgan fingerprint density at radius 3 is 2.82 bits per heavy atom. The molecule has 6 nitrogen and oxygen atoms in total. The van der Waals surface area contributed by atoms with Crippen LogP contribution in [0, 0.1) is 0 Å². The second kappa shape index (κ2) is 5.01. The minimum atomic E-state index is -0.632. The van der Waals surface area contributed by atoms with Gasteiger partial charge in [0.05, 0.1) is 12.3 Å². The van der Waals surface area contributed by atoms with Gasteiger partial charge in [0.25, 0.3) is 0 Å². The summed E-state index contributed by atoms with van der Waals surface area (Å²) in [5.74, 6) is 0.768. The Labute approximate surface area is 99.3 Å². The molecule has 1 atom stereocenters. The first-order chi connectivity index (χ1) is 8.18. The number of aromatic nitrogens is 5. The smallest absolute Gasteiger partial charge is 0.138 e. The zero-order valence-corrected chi connectivity index (χ0v) is 9.85. The maximum absolute atomic E-state index is 10.0. The van der Waals surface area contributed by atoms with Crippen molar-refractivity contribution in [3.8, 4) is 0 Å². The minimum Gasteiger partial charge on any atom is -0.388 e. The zero-order valence-electron chi connectivity index (χ0n) is 9.85. The fraction of sp³-hybridized carbons (Fsp3) is 0.455. The van der Waals surface area contributed by atoms with E-state index in [-0.39, 0.29) is 6.04 Å². The topological polar surface area (TPSA) is 76.7 Å². The summed E-state index contributed by atoms with van der Waals surface area (Å²) in [6.07, 6.45) is 4.41. The van der Waals surface area contributed by atoms with Crippen LogP contribution in [0.4, 0.5) is 0 Å². The number of aliphatic hydroxyl groups excluding tert-OH is 1. The van der Waals surface area contributed by atoms with E-state index in [0.717, 1.165) is 11.4 Å². The fourth-order valence-electron chi connectivity index (χ4n) is 1.64. The summed E-state index contributed by atoms with van der Waals surface area (Å²) in [5, 5.41) is 21.6. The summed E-state index contributed by atoms with van der Waals surface area (Å²) in [6, 6.07) is 1.98. The van der Waals surface area contributed by atoms with Crippen molar-refractivity contribution in [3.63, 3.8) is 0 Å². The van der Waals surface area contributed by atoms with Crippen molar-refractivity contribution in [3.05, 3.63) is 36.2 Å². The third-order valence-electron chi connectivity index (χ3n) is 2.50. The Kier molecular flexibility index (Phi) is 3.43. The van der Waals surface area contributed by atoms with Crippen LogP contribution < -0.4 is 0 Å². The molecular weight excluding hydrogens is 218 g/mol. The van der Waals surface area contributed by atoms with Gasteiger partial charge in [-0.25, -0.2) is 9.67 Å². The third-order valence-corrected chi connectivity index (χ3v) is 2.50. The van der Waals surface area contributed by atoms with E-state index < -0.39 is 6.10 Å². The van der Waals surface area contributed by atoms with Crippen molar-refractivity contribution in [2.75, 3.05) is 0 Å². The molecule has 0 aliphatic carbocycles. The maximum Gasteiger partial charge on any atom is 0.138 e. The highest BCUT2D eigenvalue weighted by molar-refractivity contribution is 5.11. The van der Waals surface area contributed by atoms with Gasteiger partial charge in [-0.3, -0.25) is 0 Å². The summed E-state index contributed by atoms with van der Waals surface area (Å²) in [7, 11) is 0. The van der Waals surface area contributed by atoms with Crippen LogP contribution in [0.25, 0.3) is 0 Å². The predicted molar refractivity (Wildman–Crippen MR) is 61.1 cm³/mol. The lowest BCUT2D eigenvalue weighted by Gasteiger charge is -2.12. The normalized spacial score (nSPS) is 12.9. The number of hydrogen-bond donors (Lipinski definition) is 1. The van der Waals surface area contributed by atoms with Gasteiger partial charge in [-0.15, -0.1) is 0 Å². The van der Waals surface area contributed by atoms with E-state index in [2.05, 4.69) is 20.3 Å². The first kappa shape index (κ1) is 11.7. The fourth-order valence-corrected chi connectivity index (χ4v) is 1.64. The molecule has 0 radical (unpaired) electrons. The van der Waals surface area contributed by atoms with Crippen LogP contribution in [-0.2, 0) is 6.42 Å². The van der Waals surface area contributed by atoms with E-state index in [1.807, 2.05) is 13.8 Å². The van der Waals surface area contributed by atoms with E-state index in [0.29, 0.717) is 6.42 Å². The lowest BCUT2D eigenvalue weighted by atomic mass is 10.1. The highest BCUT2D eigenvalue weighted by Gasteiger charge is 2.14. The Hall–Kier alpha value is -1.82. The van der Waals surface area contributed by atoms with Gasteiger partial charge >= 0.3 is 0 Å². The summed E-state index contributed by atoms with van der Waals surface area (Å²) >= 11 is 0. The molecule has 1 unspecified atom stereocenters. The molecule has 2 aromatic rings. The average Bonchev–Trinajstić information content (AvgIpc) is 2.78. The number of rotatable bonds is 4. The molecule has 6 heteroatoms. The average molecular weight is 233 g/mol. The monoisotopic (exact) mass is 233 g/mol. The van der Waals surface area contributed by atoms with Gasteiger partial charge in [-0.2, -0.15) is 15.3 Å². The number of aliphatic hydroxyl groups is 1. The SMILES string of the molecule is CC(C)n1ncnc1CC(O)c1ccnnc1. The van der Waals surface area contributed by atoms with Crippen molar-refractivity contribution in [2.24, 2.45) is 0 Å². The van der Waals surface area contributed by atoms with Crippen LogP contribution >= 0.6 is 0 Å². The Morgan fingerprint density at radius 2 is 2.18 bits per heavy atom. The minimum absolute atomic E-state index is 0.232. The van der Waals surface area contributed by atoms with Crippen LogP contribution in [0.1, 0.15) is 37.4 Å².